The Morgan fingerprint density at radius 2 is 1.82 bits per heavy atom. The zero-order chi connectivity index (χ0) is 27.4. The van der Waals surface area contributed by atoms with Gasteiger partial charge in [0.05, 0.1) is 25.1 Å². The van der Waals surface area contributed by atoms with E-state index in [1.54, 1.807) is 33.0 Å². The Morgan fingerprint density at radius 3 is 2.42 bits per heavy atom. The van der Waals surface area contributed by atoms with Gasteiger partial charge in [0.15, 0.2) is 5.82 Å². The molecule has 1 aromatic heterocycles. The van der Waals surface area contributed by atoms with Gasteiger partial charge in [-0.25, -0.2) is 8.42 Å². The van der Waals surface area contributed by atoms with Crippen LogP contribution in [0.1, 0.15) is 38.8 Å². The van der Waals surface area contributed by atoms with E-state index in [2.05, 4.69) is 20.4 Å². The maximum absolute atomic E-state index is 13.3. The fraction of sp³-hybridized carbons (Fsp3) is 0.385. The smallest absolute Gasteiger partial charge is 0.316 e. The maximum atomic E-state index is 13.3. The lowest BCUT2D eigenvalue weighted by Gasteiger charge is -2.19. The van der Waals surface area contributed by atoms with E-state index in [0.29, 0.717) is 29.8 Å². The zero-order valence-corrected chi connectivity index (χ0v) is 23.0. The number of methoxy groups -OCH3 is 1. The van der Waals surface area contributed by atoms with E-state index in [4.69, 9.17) is 9.26 Å². The van der Waals surface area contributed by atoms with Crippen molar-refractivity contribution >= 4 is 21.8 Å². The Morgan fingerprint density at radius 1 is 1.13 bits per heavy atom. The molecule has 2 aromatic carbocycles. The third-order valence-corrected chi connectivity index (χ3v) is 8.45. The molecule has 202 valence electrons. The third kappa shape index (κ3) is 5.86. The minimum Gasteiger partial charge on any atom is -0.497 e. The Hall–Kier alpha value is -3.77. The molecule has 0 fully saturated rings. The number of likely N-dealkylation sites (N-methyl/N-ethyl adjacent to an activating group) is 1. The average Bonchev–Trinajstić information content (AvgIpc) is 3.59. The second-order valence-corrected chi connectivity index (χ2v) is 11.2. The number of aryl methyl sites for hydroxylation is 2. The van der Waals surface area contributed by atoms with Gasteiger partial charge in [0.1, 0.15) is 11.6 Å². The monoisotopic (exact) mass is 540 g/mol. The first-order chi connectivity index (χ1) is 18.1. The summed E-state index contributed by atoms with van der Waals surface area (Å²) in [5.41, 5.74) is 3.25. The van der Waals surface area contributed by atoms with Crippen molar-refractivity contribution in [2.45, 2.75) is 31.7 Å². The molecule has 2 heterocycles. The largest absolute Gasteiger partial charge is 0.497 e. The normalized spacial score (nSPS) is 13.4. The molecule has 38 heavy (non-hydrogen) atoms. The van der Waals surface area contributed by atoms with Gasteiger partial charge < -0.3 is 19.5 Å². The van der Waals surface area contributed by atoms with Crippen LogP contribution in [0, 0.1) is 13.8 Å². The topological polar surface area (TPSA) is 130 Å². The first-order valence-electron chi connectivity index (χ1n) is 12.2. The number of sulfonamides is 1. The summed E-state index contributed by atoms with van der Waals surface area (Å²) in [5.74, 6) is 0.961. The maximum Gasteiger partial charge on any atom is 0.316 e. The van der Waals surface area contributed by atoms with Crippen molar-refractivity contribution in [3.63, 3.8) is 0 Å². The molecule has 0 radical (unpaired) electrons. The van der Waals surface area contributed by atoms with Crippen molar-refractivity contribution in [2.75, 3.05) is 40.8 Å². The zero-order valence-electron chi connectivity index (χ0n) is 22.2. The average molecular weight is 541 g/mol. The number of ether oxygens (including phenoxy) is 1. The van der Waals surface area contributed by atoms with Crippen molar-refractivity contribution in [1.82, 2.24) is 24.7 Å². The summed E-state index contributed by atoms with van der Waals surface area (Å²) >= 11 is 0. The van der Waals surface area contributed by atoms with E-state index in [9.17, 15) is 13.2 Å². The molecule has 1 aliphatic heterocycles. The lowest BCUT2D eigenvalue weighted by atomic mass is 10.1. The van der Waals surface area contributed by atoms with Crippen LogP contribution in [0.5, 0.6) is 5.75 Å². The molecule has 12 heteroatoms. The predicted molar refractivity (Wildman–Crippen MR) is 142 cm³/mol. The SMILES string of the molecule is COc1cc(C)c(S(=O)(=O)N(C)Cc2noc(C(=O)N(C)CCc3ccc(C4=NCCN4)cc3)n2)c(C)c1. The number of amides is 1. The molecule has 0 spiro atoms. The molecule has 0 atom stereocenters. The van der Waals surface area contributed by atoms with Gasteiger partial charge in [0, 0.05) is 32.7 Å². The second kappa shape index (κ2) is 11.3. The van der Waals surface area contributed by atoms with Crippen molar-refractivity contribution in [2.24, 2.45) is 4.99 Å². The van der Waals surface area contributed by atoms with Crippen LogP contribution in [-0.2, 0) is 23.0 Å². The Bertz CT molecular complexity index is 1430. The summed E-state index contributed by atoms with van der Waals surface area (Å²) < 4.78 is 38.0. The molecular weight excluding hydrogens is 508 g/mol. The molecule has 0 saturated carbocycles. The summed E-state index contributed by atoms with van der Waals surface area (Å²) in [6.07, 6.45) is 0.644. The number of benzene rings is 2. The summed E-state index contributed by atoms with van der Waals surface area (Å²) in [4.78, 5) is 23.1. The van der Waals surface area contributed by atoms with Crippen LogP contribution in [0.4, 0.5) is 0 Å². The number of amidine groups is 1. The number of aromatic nitrogens is 2. The van der Waals surface area contributed by atoms with E-state index in [-0.39, 0.29) is 23.2 Å². The number of hydrogen-bond acceptors (Lipinski definition) is 9. The van der Waals surface area contributed by atoms with Gasteiger partial charge in [0.2, 0.25) is 10.0 Å². The van der Waals surface area contributed by atoms with Crippen LogP contribution in [-0.4, -0.2) is 80.3 Å². The molecule has 3 aromatic rings. The van der Waals surface area contributed by atoms with E-state index >= 15 is 0 Å². The fourth-order valence-electron chi connectivity index (χ4n) is 4.26. The van der Waals surface area contributed by atoms with Crippen LogP contribution in [0.2, 0.25) is 0 Å². The highest BCUT2D eigenvalue weighted by Gasteiger charge is 2.28. The number of nitrogens with one attached hydrogen (secondary N) is 1. The lowest BCUT2D eigenvalue weighted by molar-refractivity contribution is 0.0747. The fourth-order valence-corrected chi connectivity index (χ4v) is 5.79. The van der Waals surface area contributed by atoms with Gasteiger partial charge in [-0.15, -0.1) is 0 Å². The summed E-state index contributed by atoms with van der Waals surface area (Å²) in [6.45, 7) is 5.37. The molecular formula is C26H32N6O5S. The van der Waals surface area contributed by atoms with Crippen LogP contribution in [0.3, 0.4) is 0 Å². The summed E-state index contributed by atoms with van der Waals surface area (Å²) in [6, 6.07) is 11.4. The van der Waals surface area contributed by atoms with Crippen LogP contribution >= 0.6 is 0 Å². The molecule has 1 N–H and O–H groups in total. The molecule has 4 rings (SSSR count). The van der Waals surface area contributed by atoms with E-state index in [1.807, 2.05) is 24.3 Å². The van der Waals surface area contributed by atoms with Gasteiger partial charge in [-0.1, -0.05) is 29.4 Å². The number of hydrogen-bond donors (Lipinski definition) is 1. The Labute approximate surface area is 222 Å². The second-order valence-electron chi connectivity index (χ2n) is 9.20. The number of aliphatic imine (C=N–C) groups is 1. The molecule has 0 unspecified atom stereocenters. The van der Waals surface area contributed by atoms with Gasteiger partial charge in [-0.2, -0.15) is 9.29 Å². The Balaban J connectivity index is 1.36. The first-order valence-corrected chi connectivity index (χ1v) is 13.6. The van der Waals surface area contributed by atoms with Gasteiger partial charge in [0.25, 0.3) is 0 Å². The Kier molecular flexibility index (Phi) is 8.12. The minimum absolute atomic E-state index is 0.0932. The standard InChI is InChI=1S/C26H32N6O5S/c1-17-14-21(36-5)15-18(2)23(17)38(34,35)32(4)16-22-29-25(37-30-22)26(33)31(3)13-10-19-6-8-20(9-7-19)24-27-11-12-28-24/h6-9,14-15H,10-13,16H2,1-5H3,(H,27,28). The van der Waals surface area contributed by atoms with Gasteiger partial charge in [-0.3, -0.25) is 9.79 Å². The molecule has 0 bridgehead atoms. The van der Waals surface area contributed by atoms with Gasteiger partial charge in [-0.05, 0) is 49.1 Å². The number of rotatable bonds is 10. The molecule has 1 aliphatic rings. The third-order valence-electron chi connectivity index (χ3n) is 6.34. The predicted octanol–water partition coefficient (Wildman–Crippen LogP) is 2.18. The molecule has 0 aliphatic carbocycles. The van der Waals surface area contributed by atoms with E-state index in [1.165, 1.54) is 19.1 Å². The number of carbonyl (C=O) groups is 1. The molecule has 0 saturated heterocycles. The van der Waals surface area contributed by atoms with Crippen molar-refractivity contribution in [3.05, 3.63) is 70.4 Å². The summed E-state index contributed by atoms with van der Waals surface area (Å²) in [7, 11) is 0.771. The van der Waals surface area contributed by atoms with Crippen molar-refractivity contribution in [1.29, 1.82) is 0 Å². The van der Waals surface area contributed by atoms with E-state index in [0.717, 1.165) is 34.4 Å². The van der Waals surface area contributed by atoms with Crippen LogP contribution < -0.4 is 10.1 Å². The van der Waals surface area contributed by atoms with E-state index < -0.39 is 15.9 Å². The van der Waals surface area contributed by atoms with Crippen LogP contribution in [0.15, 0.2) is 50.8 Å². The highest BCUT2D eigenvalue weighted by atomic mass is 32.2. The van der Waals surface area contributed by atoms with Crippen molar-refractivity contribution < 1.29 is 22.5 Å². The molecule has 1 amide bonds. The number of carbonyl (C=O) groups excluding carboxylic acids is 1. The lowest BCUT2D eigenvalue weighted by Crippen LogP contribution is -2.30. The molecule has 11 nitrogen and oxygen atoms in total. The van der Waals surface area contributed by atoms with Crippen molar-refractivity contribution in [3.8, 4) is 5.75 Å². The summed E-state index contributed by atoms with van der Waals surface area (Å²) in [5, 5.41) is 7.08. The minimum atomic E-state index is -3.85. The van der Waals surface area contributed by atoms with Crippen LogP contribution in [0.25, 0.3) is 0 Å². The number of nitrogens with zero attached hydrogens (tertiary/aromatic N) is 5. The highest BCUT2D eigenvalue weighted by molar-refractivity contribution is 7.89. The first kappa shape index (κ1) is 27.3. The quantitative estimate of drug-likeness (QED) is 0.414. The highest BCUT2D eigenvalue weighted by Crippen LogP contribution is 2.28. The van der Waals surface area contributed by atoms with Gasteiger partial charge >= 0.3 is 11.8 Å².